The number of amides is 1. The summed E-state index contributed by atoms with van der Waals surface area (Å²) >= 11 is 7.10. The molecule has 0 aliphatic heterocycles. The molecule has 0 spiro atoms. The maximum absolute atomic E-state index is 12.0. The molecule has 3 aromatic rings. The predicted molar refractivity (Wildman–Crippen MR) is 93.4 cm³/mol. The number of hydrogen-bond acceptors (Lipinski definition) is 3. The van der Waals surface area contributed by atoms with Crippen molar-refractivity contribution in [2.45, 2.75) is 0 Å². The van der Waals surface area contributed by atoms with E-state index in [4.69, 9.17) is 11.6 Å². The molecule has 0 radical (unpaired) electrons. The highest BCUT2D eigenvalue weighted by Gasteiger charge is 2.08. The third kappa shape index (κ3) is 3.67. The summed E-state index contributed by atoms with van der Waals surface area (Å²) in [5.74, 6) is -0.152. The minimum atomic E-state index is -0.152. The SMILES string of the molecule is O=C(Nc1ccc(Nc2ccccc2)cc1)c1ccc(Cl)s1. The van der Waals surface area contributed by atoms with Gasteiger partial charge in [-0.15, -0.1) is 11.3 Å². The van der Waals surface area contributed by atoms with E-state index in [2.05, 4.69) is 10.6 Å². The molecule has 2 N–H and O–H groups in total. The van der Waals surface area contributed by atoms with E-state index in [1.54, 1.807) is 12.1 Å². The first-order valence-corrected chi connectivity index (χ1v) is 7.89. The third-order valence-corrected chi connectivity index (χ3v) is 4.23. The van der Waals surface area contributed by atoms with Gasteiger partial charge in [-0.05, 0) is 48.5 Å². The number of carbonyl (C=O) groups excluding carboxylic acids is 1. The molecule has 1 amide bonds. The van der Waals surface area contributed by atoms with Gasteiger partial charge in [0.1, 0.15) is 0 Å². The highest BCUT2D eigenvalue weighted by atomic mass is 35.5. The lowest BCUT2D eigenvalue weighted by molar-refractivity contribution is 0.103. The van der Waals surface area contributed by atoms with E-state index in [1.165, 1.54) is 11.3 Å². The van der Waals surface area contributed by atoms with E-state index in [1.807, 2.05) is 54.6 Å². The molecule has 5 heteroatoms. The monoisotopic (exact) mass is 328 g/mol. The molecule has 0 bridgehead atoms. The van der Waals surface area contributed by atoms with E-state index in [0.717, 1.165) is 17.1 Å². The predicted octanol–water partition coefficient (Wildman–Crippen LogP) is 5.40. The van der Waals surface area contributed by atoms with Gasteiger partial charge in [-0.1, -0.05) is 29.8 Å². The van der Waals surface area contributed by atoms with Crippen LogP contribution < -0.4 is 10.6 Å². The molecule has 110 valence electrons. The summed E-state index contributed by atoms with van der Waals surface area (Å²) < 4.78 is 0.604. The fraction of sp³-hybridized carbons (Fsp3) is 0. The zero-order valence-electron chi connectivity index (χ0n) is 11.5. The summed E-state index contributed by atoms with van der Waals surface area (Å²) in [4.78, 5) is 12.6. The molecule has 0 aliphatic rings. The van der Waals surface area contributed by atoms with Crippen molar-refractivity contribution in [3.63, 3.8) is 0 Å². The van der Waals surface area contributed by atoms with Gasteiger partial charge in [0, 0.05) is 17.1 Å². The van der Waals surface area contributed by atoms with Crippen molar-refractivity contribution >= 4 is 45.9 Å². The van der Waals surface area contributed by atoms with Crippen molar-refractivity contribution in [3.8, 4) is 0 Å². The molecule has 22 heavy (non-hydrogen) atoms. The van der Waals surface area contributed by atoms with Crippen LogP contribution in [0.1, 0.15) is 9.67 Å². The lowest BCUT2D eigenvalue weighted by Crippen LogP contribution is -2.09. The number of para-hydroxylation sites is 1. The quantitative estimate of drug-likeness (QED) is 0.673. The molecule has 0 unspecified atom stereocenters. The third-order valence-electron chi connectivity index (χ3n) is 3.00. The van der Waals surface area contributed by atoms with Crippen LogP contribution in [0.4, 0.5) is 17.1 Å². The van der Waals surface area contributed by atoms with E-state index in [0.29, 0.717) is 9.21 Å². The van der Waals surface area contributed by atoms with Gasteiger partial charge in [0.2, 0.25) is 0 Å². The average molecular weight is 329 g/mol. The van der Waals surface area contributed by atoms with Gasteiger partial charge < -0.3 is 10.6 Å². The Morgan fingerprint density at radius 2 is 1.45 bits per heavy atom. The van der Waals surface area contributed by atoms with Gasteiger partial charge in [0.15, 0.2) is 0 Å². The first-order valence-electron chi connectivity index (χ1n) is 6.69. The van der Waals surface area contributed by atoms with Gasteiger partial charge in [-0.2, -0.15) is 0 Å². The first-order chi connectivity index (χ1) is 10.7. The second kappa shape index (κ2) is 6.64. The highest BCUT2D eigenvalue weighted by Crippen LogP contribution is 2.23. The Labute approximate surface area is 137 Å². The number of halogens is 1. The van der Waals surface area contributed by atoms with Crippen LogP contribution in [-0.2, 0) is 0 Å². The summed E-state index contributed by atoms with van der Waals surface area (Å²) in [5, 5.41) is 6.14. The van der Waals surface area contributed by atoms with Crippen molar-refractivity contribution in [2.75, 3.05) is 10.6 Å². The molecule has 2 aromatic carbocycles. The second-order valence-corrected chi connectivity index (χ2v) is 6.34. The Kier molecular flexibility index (Phi) is 4.42. The standard InChI is InChI=1S/C17H13ClN2OS/c18-16-11-10-15(22-16)17(21)20-14-8-6-13(7-9-14)19-12-4-2-1-3-5-12/h1-11,19H,(H,20,21). The lowest BCUT2D eigenvalue weighted by Gasteiger charge is -2.08. The molecule has 1 aromatic heterocycles. The van der Waals surface area contributed by atoms with Crippen LogP contribution in [0.5, 0.6) is 0 Å². The summed E-state index contributed by atoms with van der Waals surface area (Å²) in [5.41, 5.74) is 2.73. The minimum absolute atomic E-state index is 0.152. The molecular formula is C17H13ClN2OS. The molecule has 0 fully saturated rings. The molecule has 0 aliphatic carbocycles. The highest BCUT2D eigenvalue weighted by molar-refractivity contribution is 7.18. The molecule has 0 atom stereocenters. The van der Waals surface area contributed by atoms with Gasteiger partial charge in [-0.25, -0.2) is 0 Å². The van der Waals surface area contributed by atoms with Crippen LogP contribution >= 0.6 is 22.9 Å². The normalized spacial score (nSPS) is 10.2. The maximum Gasteiger partial charge on any atom is 0.265 e. The van der Waals surface area contributed by atoms with Gasteiger partial charge in [0.05, 0.1) is 9.21 Å². The molecule has 3 rings (SSSR count). The van der Waals surface area contributed by atoms with E-state index >= 15 is 0 Å². The van der Waals surface area contributed by atoms with Crippen molar-refractivity contribution < 1.29 is 4.79 Å². The summed E-state index contributed by atoms with van der Waals surface area (Å²) in [6.07, 6.45) is 0. The van der Waals surface area contributed by atoms with Crippen molar-refractivity contribution in [3.05, 3.63) is 75.9 Å². The number of carbonyl (C=O) groups is 1. The lowest BCUT2D eigenvalue weighted by atomic mass is 10.2. The van der Waals surface area contributed by atoms with Gasteiger partial charge in [-0.3, -0.25) is 4.79 Å². The minimum Gasteiger partial charge on any atom is -0.356 e. The zero-order valence-corrected chi connectivity index (χ0v) is 13.1. The number of rotatable bonds is 4. The number of anilines is 3. The first kappa shape index (κ1) is 14.6. The second-order valence-electron chi connectivity index (χ2n) is 4.63. The maximum atomic E-state index is 12.0. The van der Waals surface area contributed by atoms with Crippen LogP contribution in [0.3, 0.4) is 0 Å². The number of nitrogens with one attached hydrogen (secondary N) is 2. The Bertz CT molecular complexity index is 769. The fourth-order valence-electron chi connectivity index (χ4n) is 1.95. The summed E-state index contributed by atoms with van der Waals surface area (Å²) in [6, 6.07) is 20.9. The summed E-state index contributed by atoms with van der Waals surface area (Å²) in [7, 11) is 0. The largest absolute Gasteiger partial charge is 0.356 e. The Morgan fingerprint density at radius 1 is 0.818 bits per heavy atom. The molecular weight excluding hydrogens is 316 g/mol. The Balaban J connectivity index is 1.65. The van der Waals surface area contributed by atoms with Crippen LogP contribution in [0.25, 0.3) is 0 Å². The fourth-order valence-corrected chi connectivity index (χ4v) is 2.89. The zero-order chi connectivity index (χ0) is 15.4. The number of benzene rings is 2. The van der Waals surface area contributed by atoms with E-state index in [-0.39, 0.29) is 5.91 Å². The molecule has 1 heterocycles. The van der Waals surface area contributed by atoms with Crippen LogP contribution in [-0.4, -0.2) is 5.91 Å². The van der Waals surface area contributed by atoms with Crippen molar-refractivity contribution in [1.82, 2.24) is 0 Å². The number of thiophene rings is 1. The van der Waals surface area contributed by atoms with Crippen LogP contribution in [0.15, 0.2) is 66.7 Å². The molecule has 0 saturated carbocycles. The van der Waals surface area contributed by atoms with E-state index < -0.39 is 0 Å². The average Bonchev–Trinajstić information content (AvgIpc) is 2.97. The smallest absolute Gasteiger partial charge is 0.265 e. The van der Waals surface area contributed by atoms with Crippen molar-refractivity contribution in [1.29, 1.82) is 0 Å². The van der Waals surface area contributed by atoms with Crippen molar-refractivity contribution in [2.24, 2.45) is 0 Å². The Morgan fingerprint density at radius 3 is 2.09 bits per heavy atom. The van der Waals surface area contributed by atoms with E-state index in [9.17, 15) is 4.79 Å². The Hall–Kier alpha value is -2.30. The van der Waals surface area contributed by atoms with Gasteiger partial charge >= 0.3 is 0 Å². The van der Waals surface area contributed by atoms with Crippen LogP contribution in [0, 0.1) is 0 Å². The van der Waals surface area contributed by atoms with Gasteiger partial charge in [0.25, 0.3) is 5.91 Å². The molecule has 0 saturated heterocycles. The molecule has 3 nitrogen and oxygen atoms in total. The van der Waals surface area contributed by atoms with Crippen LogP contribution in [0.2, 0.25) is 4.34 Å². The number of hydrogen-bond donors (Lipinski definition) is 2. The topological polar surface area (TPSA) is 41.1 Å². The summed E-state index contributed by atoms with van der Waals surface area (Å²) in [6.45, 7) is 0.